The van der Waals surface area contributed by atoms with E-state index in [9.17, 15) is 0 Å². The van der Waals surface area contributed by atoms with Crippen molar-refractivity contribution in [1.82, 2.24) is 4.57 Å². The number of hydrogen-bond acceptors (Lipinski definition) is 2. The van der Waals surface area contributed by atoms with Crippen LogP contribution in [0.4, 0.5) is 0 Å². The molecule has 0 aliphatic heterocycles. The summed E-state index contributed by atoms with van der Waals surface area (Å²) < 4.78 is 11.3. The van der Waals surface area contributed by atoms with Gasteiger partial charge in [-0.2, -0.15) is 0 Å². The van der Waals surface area contributed by atoms with Crippen molar-refractivity contribution in [2.45, 2.75) is 0 Å². The zero-order valence-electron chi connectivity index (χ0n) is 17.6. The van der Waals surface area contributed by atoms with Crippen molar-refractivity contribution >= 4 is 75.3 Å². The summed E-state index contributed by atoms with van der Waals surface area (Å²) in [4.78, 5) is 0. The van der Waals surface area contributed by atoms with Gasteiger partial charge in [0, 0.05) is 47.4 Å². The minimum Gasteiger partial charge on any atom is -0.455 e. The Labute approximate surface area is 192 Å². The van der Waals surface area contributed by atoms with Gasteiger partial charge in [-0.05, 0) is 48.5 Å². The van der Waals surface area contributed by atoms with E-state index < -0.39 is 0 Å². The third kappa shape index (κ3) is 2.27. The molecule has 0 radical (unpaired) electrons. The molecule has 5 aromatic carbocycles. The van der Waals surface area contributed by atoms with Crippen LogP contribution >= 0.6 is 11.3 Å². The van der Waals surface area contributed by atoms with Gasteiger partial charge in [0.2, 0.25) is 0 Å². The number of nitrogens with zero attached hydrogens (tertiary/aromatic N) is 1. The van der Waals surface area contributed by atoms with Gasteiger partial charge in [0.15, 0.2) is 0 Å². The van der Waals surface area contributed by atoms with E-state index in [1.807, 2.05) is 17.4 Å². The molecule has 0 unspecified atom stereocenters. The van der Waals surface area contributed by atoms with Crippen LogP contribution in [0.3, 0.4) is 0 Å². The molecule has 0 spiro atoms. The van der Waals surface area contributed by atoms with E-state index in [2.05, 4.69) is 102 Å². The lowest BCUT2D eigenvalue weighted by Gasteiger charge is -2.08. The van der Waals surface area contributed by atoms with Gasteiger partial charge < -0.3 is 8.98 Å². The van der Waals surface area contributed by atoms with Crippen molar-refractivity contribution in [2.75, 3.05) is 0 Å². The number of rotatable bonds is 1. The Morgan fingerprint density at radius 2 is 1.21 bits per heavy atom. The van der Waals surface area contributed by atoms with Crippen LogP contribution in [-0.2, 0) is 0 Å². The van der Waals surface area contributed by atoms with Gasteiger partial charge in [0.1, 0.15) is 11.2 Å². The van der Waals surface area contributed by atoms with Gasteiger partial charge in [0.05, 0.1) is 11.0 Å². The highest BCUT2D eigenvalue weighted by Crippen LogP contribution is 2.43. The molecular weight excluding hydrogens is 422 g/mol. The maximum absolute atomic E-state index is 6.40. The van der Waals surface area contributed by atoms with E-state index in [4.69, 9.17) is 4.42 Å². The van der Waals surface area contributed by atoms with Crippen LogP contribution in [0.1, 0.15) is 0 Å². The molecule has 0 aliphatic rings. The van der Waals surface area contributed by atoms with Crippen LogP contribution in [0.2, 0.25) is 0 Å². The quantitative estimate of drug-likeness (QED) is 0.249. The monoisotopic (exact) mass is 439 g/mol. The fourth-order valence-electron chi connectivity index (χ4n) is 5.37. The van der Waals surface area contributed by atoms with E-state index in [-0.39, 0.29) is 0 Å². The summed E-state index contributed by atoms with van der Waals surface area (Å²) >= 11 is 1.83. The Bertz CT molecular complexity index is 1980. The molecular formula is C30H17NOS. The van der Waals surface area contributed by atoms with Crippen LogP contribution in [0.25, 0.3) is 69.6 Å². The van der Waals surface area contributed by atoms with Crippen molar-refractivity contribution < 1.29 is 4.42 Å². The number of furan rings is 1. The molecule has 0 aliphatic carbocycles. The highest BCUT2D eigenvalue weighted by atomic mass is 32.1. The predicted octanol–water partition coefficient (Wildman–Crippen LogP) is 9.05. The van der Waals surface area contributed by atoms with E-state index in [1.165, 1.54) is 58.4 Å². The standard InChI is InChI=1S/C30H17NOS/c1-4-10-24-19(7-1)20-8-2-5-11-25(20)31(24)18-13-15-27-23(17-18)29-28(33-27)16-14-22-21-9-3-6-12-26(21)32-30(22)29/h1-17H. The Morgan fingerprint density at radius 3 is 2.00 bits per heavy atom. The van der Waals surface area contributed by atoms with Crippen LogP contribution in [0.5, 0.6) is 0 Å². The average Bonchev–Trinajstić information content (AvgIpc) is 3.52. The minimum atomic E-state index is 0.943. The van der Waals surface area contributed by atoms with Crippen molar-refractivity contribution in [3.8, 4) is 5.69 Å². The Hall–Kier alpha value is -4.08. The average molecular weight is 440 g/mol. The first kappa shape index (κ1) is 17.5. The van der Waals surface area contributed by atoms with Crippen LogP contribution in [0.15, 0.2) is 108 Å². The number of benzene rings is 5. The summed E-state index contributed by atoms with van der Waals surface area (Å²) in [5.74, 6) is 0. The lowest BCUT2D eigenvalue weighted by atomic mass is 10.1. The number of fused-ring (bicyclic) bond motifs is 10. The highest BCUT2D eigenvalue weighted by molar-refractivity contribution is 7.26. The highest BCUT2D eigenvalue weighted by Gasteiger charge is 2.17. The molecule has 33 heavy (non-hydrogen) atoms. The van der Waals surface area contributed by atoms with Gasteiger partial charge in [-0.3, -0.25) is 0 Å². The molecule has 0 bridgehead atoms. The molecule has 8 aromatic rings. The third-order valence-corrected chi connectivity index (χ3v) is 7.94. The summed E-state index contributed by atoms with van der Waals surface area (Å²) in [6, 6.07) is 36.9. The van der Waals surface area contributed by atoms with Crippen molar-refractivity contribution in [3.63, 3.8) is 0 Å². The fraction of sp³-hybridized carbons (Fsp3) is 0. The Kier molecular flexibility index (Phi) is 3.31. The third-order valence-electron chi connectivity index (χ3n) is 6.80. The Balaban J connectivity index is 1.51. The molecule has 3 aromatic heterocycles. The van der Waals surface area contributed by atoms with Gasteiger partial charge in [-0.25, -0.2) is 0 Å². The SMILES string of the molecule is c1ccc2c(c1)oc1c2ccc2sc3ccc(-n4c5ccccc5c5ccccc54)cc3c21. The van der Waals surface area contributed by atoms with Gasteiger partial charge in [0.25, 0.3) is 0 Å². The van der Waals surface area contributed by atoms with Gasteiger partial charge >= 0.3 is 0 Å². The second-order valence-electron chi connectivity index (χ2n) is 8.57. The lowest BCUT2D eigenvalue weighted by molar-refractivity contribution is 0.673. The molecule has 2 nitrogen and oxygen atoms in total. The fourth-order valence-corrected chi connectivity index (χ4v) is 6.46. The predicted molar refractivity (Wildman–Crippen MR) is 141 cm³/mol. The summed E-state index contributed by atoms with van der Waals surface area (Å²) in [6.07, 6.45) is 0. The largest absolute Gasteiger partial charge is 0.455 e. The van der Waals surface area contributed by atoms with Crippen LogP contribution < -0.4 is 0 Å². The number of hydrogen-bond donors (Lipinski definition) is 0. The molecule has 0 N–H and O–H groups in total. The molecule has 8 rings (SSSR count). The van der Waals surface area contributed by atoms with E-state index >= 15 is 0 Å². The maximum Gasteiger partial charge on any atom is 0.144 e. The maximum atomic E-state index is 6.40. The van der Waals surface area contributed by atoms with E-state index in [0.717, 1.165) is 11.2 Å². The second-order valence-corrected chi connectivity index (χ2v) is 9.65. The second kappa shape index (κ2) is 6.25. The lowest BCUT2D eigenvalue weighted by Crippen LogP contribution is -1.93. The van der Waals surface area contributed by atoms with Crippen molar-refractivity contribution in [2.24, 2.45) is 0 Å². The first-order chi connectivity index (χ1) is 16.4. The van der Waals surface area contributed by atoms with Crippen LogP contribution in [0, 0.1) is 0 Å². The first-order valence-corrected chi connectivity index (χ1v) is 11.9. The molecule has 0 atom stereocenters. The summed E-state index contributed by atoms with van der Waals surface area (Å²) in [5, 5.41) is 7.38. The van der Waals surface area contributed by atoms with E-state index in [1.54, 1.807) is 0 Å². The van der Waals surface area contributed by atoms with Crippen LogP contribution in [-0.4, -0.2) is 4.57 Å². The zero-order valence-corrected chi connectivity index (χ0v) is 18.4. The molecule has 0 saturated heterocycles. The summed E-state index contributed by atoms with van der Waals surface area (Å²) in [6.45, 7) is 0. The van der Waals surface area contributed by atoms with Gasteiger partial charge in [-0.1, -0.05) is 54.6 Å². The van der Waals surface area contributed by atoms with Gasteiger partial charge in [-0.15, -0.1) is 11.3 Å². The molecule has 3 heteroatoms. The molecule has 0 fully saturated rings. The zero-order chi connectivity index (χ0) is 21.5. The number of para-hydroxylation sites is 3. The molecule has 0 amide bonds. The molecule has 154 valence electrons. The van der Waals surface area contributed by atoms with Crippen molar-refractivity contribution in [1.29, 1.82) is 0 Å². The summed E-state index contributed by atoms with van der Waals surface area (Å²) in [5.41, 5.74) is 5.56. The minimum absolute atomic E-state index is 0.943. The number of thiophene rings is 1. The number of aromatic nitrogens is 1. The normalized spacial score (nSPS) is 12.2. The molecule has 3 heterocycles. The Morgan fingerprint density at radius 1 is 0.545 bits per heavy atom. The van der Waals surface area contributed by atoms with Crippen molar-refractivity contribution in [3.05, 3.63) is 103 Å². The van der Waals surface area contributed by atoms with E-state index in [0.29, 0.717) is 0 Å². The topological polar surface area (TPSA) is 18.1 Å². The first-order valence-electron chi connectivity index (χ1n) is 11.1. The smallest absolute Gasteiger partial charge is 0.144 e. The summed E-state index contributed by atoms with van der Waals surface area (Å²) in [7, 11) is 0. The molecule has 0 saturated carbocycles.